The van der Waals surface area contributed by atoms with E-state index in [4.69, 9.17) is 9.15 Å². The van der Waals surface area contributed by atoms with Crippen molar-refractivity contribution in [1.29, 1.82) is 0 Å². The van der Waals surface area contributed by atoms with E-state index in [-0.39, 0.29) is 0 Å². The van der Waals surface area contributed by atoms with E-state index < -0.39 is 0 Å². The zero-order valence-electron chi connectivity index (χ0n) is 7.44. The van der Waals surface area contributed by atoms with E-state index in [1.54, 1.807) is 24.2 Å². The van der Waals surface area contributed by atoms with Gasteiger partial charge in [0, 0.05) is 12.4 Å². The lowest BCUT2D eigenvalue weighted by atomic mass is 10.1. The maximum absolute atomic E-state index is 5.59. The van der Waals surface area contributed by atoms with Gasteiger partial charge in [-0.25, -0.2) is 4.98 Å². The van der Waals surface area contributed by atoms with Crippen molar-refractivity contribution < 1.29 is 9.15 Å². The summed E-state index contributed by atoms with van der Waals surface area (Å²) in [5.41, 5.74) is 0. The third-order valence-electron chi connectivity index (χ3n) is 2.08. The molecule has 1 atom stereocenters. The summed E-state index contributed by atoms with van der Waals surface area (Å²) in [5, 5.41) is 0.745. The first-order valence-electron chi connectivity index (χ1n) is 4.59. The lowest BCUT2D eigenvalue weighted by Gasteiger charge is -2.21. The van der Waals surface area contributed by atoms with Gasteiger partial charge in [0.1, 0.15) is 6.26 Å². The Labute approximate surface area is 81.9 Å². The monoisotopic (exact) mass is 199 g/mol. The van der Waals surface area contributed by atoms with Gasteiger partial charge in [0.05, 0.1) is 12.3 Å². The van der Waals surface area contributed by atoms with Gasteiger partial charge in [-0.2, -0.15) is 0 Å². The average molecular weight is 199 g/mol. The molecule has 0 aliphatic carbocycles. The number of aromatic nitrogens is 1. The maximum Gasteiger partial charge on any atom is 0.255 e. The quantitative estimate of drug-likeness (QED) is 0.700. The Morgan fingerprint density at radius 2 is 2.54 bits per heavy atom. The summed E-state index contributed by atoms with van der Waals surface area (Å²) in [5.74, 6) is 0.959. The Morgan fingerprint density at radius 3 is 3.23 bits per heavy atom. The van der Waals surface area contributed by atoms with Crippen molar-refractivity contribution in [2.45, 2.75) is 30.6 Å². The fourth-order valence-corrected chi connectivity index (χ4v) is 2.24. The highest BCUT2D eigenvalue weighted by Gasteiger charge is 2.14. The van der Waals surface area contributed by atoms with E-state index in [0.717, 1.165) is 17.6 Å². The number of hydrogen-bond donors (Lipinski definition) is 0. The summed E-state index contributed by atoms with van der Waals surface area (Å²) in [6.45, 7) is 0.914. The van der Waals surface area contributed by atoms with Crippen LogP contribution in [0, 0.1) is 0 Å². The Balaban J connectivity index is 1.72. The van der Waals surface area contributed by atoms with Crippen LogP contribution in [-0.2, 0) is 4.74 Å². The molecule has 0 aromatic carbocycles. The second kappa shape index (κ2) is 4.67. The van der Waals surface area contributed by atoms with E-state index in [9.17, 15) is 0 Å². The molecular formula is C9H13NO2S. The molecule has 2 rings (SSSR count). The fourth-order valence-electron chi connectivity index (χ4n) is 1.38. The number of hydrogen-bond acceptors (Lipinski definition) is 4. The standard InChI is InChI=1S/C9H13NO2S/c1-2-5-11-8(3-1)7-13-9-10-4-6-12-9/h4,6,8H,1-3,5,7H2. The minimum Gasteiger partial charge on any atom is -0.440 e. The molecule has 0 spiro atoms. The van der Waals surface area contributed by atoms with E-state index in [1.165, 1.54) is 19.3 Å². The molecule has 1 aliphatic rings. The largest absolute Gasteiger partial charge is 0.440 e. The molecule has 4 heteroatoms. The van der Waals surface area contributed by atoms with Crippen LogP contribution in [0.1, 0.15) is 19.3 Å². The normalized spacial score (nSPS) is 23.2. The molecular weight excluding hydrogens is 186 g/mol. The van der Waals surface area contributed by atoms with Crippen LogP contribution in [0.2, 0.25) is 0 Å². The van der Waals surface area contributed by atoms with Crippen molar-refractivity contribution in [3.05, 3.63) is 12.5 Å². The van der Waals surface area contributed by atoms with Gasteiger partial charge in [0.25, 0.3) is 5.22 Å². The number of oxazole rings is 1. The van der Waals surface area contributed by atoms with Gasteiger partial charge in [-0.3, -0.25) is 0 Å². The van der Waals surface area contributed by atoms with Crippen molar-refractivity contribution in [2.24, 2.45) is 0 Å². The number of thioether (sulfide) groups is 1. The molecule has 72 valence electrons. The van der Waals surface area contributed by atoms with Gasteiger partial charge in [0.15, 0.2) is 0 Å². The second-order valence-electron chi connectivity index (χ2n) is 3.10. The molecule has 1 aromatic heterocycles. The molecule has 1 saturated heterocycles. The van der Waals surface area contributed by atoms with E-state index in [2.05, 4.69) is 4.98 Å². The second-order valence-corrected chi connectivity index (χ2v) is 4.07. The molecule has 1 fully saturated rings. The highest BCUT2D eigenvalue weighted by atomic mass is 32.2. The predicted molar refractivity (Wildman–Crippen MR) is 50.8 cm³/mol. The first kappa shape index (κ1) is 9.09. The number of rotatable bonds is 3. The minimum absolute atomic E-state index is 0.394. The Hall–Kier alpha value is -0.480. The first-order chi connectivity index (χ1) is 6.45. The smallest absolute Gasteiger partial charge is 0.255 e. The summed E-state index contributed by atoms with van der Waals surface area (Å²) in [7, 11) is 0. The Morgan fingerprint density at radius 1 is 1.54 bits per heavy atom. The van der Waals surface area contributed by atoms with Crippen molar-refractivity contribution in [2.75, 3.05) is 12.4 Å². The number of ether oxygens (including phenoxy) is 1. The summed E-state index contributed by atoms with van der Waals surface area (Å²) < 4.78 is 10.7. The van der Waals surface area contributed by atoms with Crippen molar-refractivity contribution >= 4 is 11.8 Å². The van der Waals surface area contributed by atoms with Crippen LogP contribution in [0.4, 0.5) is 0 Å². The SMILES string of the molecule is c1coc(SCC2CCCCO2)n1. The maximum atomic E-state index is 5.59. The molecule has 0 amide bonds. The summed E-state index contributed by atoms with van der Waals surface area (Å²) in [4.78, 5) is 4.04. The molecule has 0 radical (unpaired) electrons. The van der Waals surface area contributed by atoms with Crippen LogP contribution in [-0.4, -0.2) is 23.4 Å². The van der Waals surface area contributed by atoms with Crippen LogP contribution in [0.25, 0.3) is 0 Å². The van der Waals surface area contributed by atoms with E-state index in [1.807, 2.05) is 0 Å². The molecule has 1 aliphatic heterocycles. The number of nitrogens with zero attached hydrogens (tertiary/aromatic N) is 1. The van der Waals surface area contributed by atoms with Gasteiger partial charge in [-0.1, -0.05) is 11.8 Å². The van der Waals surface area contributed by atoms with Crippen molar-refractivity contribution in [3.8, 4) is 0 Å². The fraction of sp³-hybridized carbons (Fsp3) is 0.667. The molecule has 0 bridgehead atoms. The predicted octanol–water partition coefficient (Wildman–Crippen LogP) is 2.34. The average Bonchev–Trinajstić information content (AvgIpc) is 2.69. The summed E-state index contributed by atoms with van der Waals surface area (Å²) in [6.07, 6.45) is 7.34. The molecule has 2 heterocycles. The van der Waals surface area contributed by atoms with E-state index >= 15 is 0 Å². The lowest BCUT2D eigenvalue weighted by molar-refractivity contribution is 0.0314. The van der Waals surface area contributed by atoms with Gasteiger partial charge in [-0.15, -0.1) is 0 Å². The third-order valence-corrected chi connectivity index (χ3v) is 3.06. The van der Waals surface area contributed by atoms with Crippen LogP contribution in [0.3, 0.4) is 0 Å². The Kier molecular flexibility index (Phi) is 3.27. The van der Waals surface area contributed by atoms with Crippen LogP contribution in [0.15, 0.2) is 22.1 Å². The van der Waals surface area contributed by atoms with Gasteiger partial charge >= 0.3 is 0 Å². The first-order valence-corrected chi connectivity index (χ1v) is 5.57. The van der Waals surface area contributed by atoms with Gasteiger partial charge < -0.3 is 9.15 Å². The zero-order valence-corrected chi connectivity index (χ0v) is 8.26. The summed E-state index contributed by atoms with van der Waals surface area (Å²) in [6, 6.07) is 0. The summed E-state index contributed by atoms with van der Waals surface area (Å²) >= 11 is 1.63. The van der Waals surface area contributed by atoms with Gasteiger partial charge in [0.2, 0.25) is 0 Å². The Bertz CT molecular complexity index is 232. The van der Waals surface area contributed by atoms with E-state index in [0.29, 0.717) is 6.10 Å². The third kappa shape index (κ3) is 2.74. The molecule has 13 heavy (non-hydrogen) atoms. The van der Waals surface area contributed by atoms with Crippen LogP contribution in [0.5, 0.6) is 0 Å². The molecule has 1 aromatic rings. The zero-order chi connectivity index (χ0) is 8.93. The van der Waals surface area contributed by atoms with Crippen LogP contribution >= 0.6 is 11.8 Å². The highest BCUT2D eigenvalue weighted by Crippen LogP contribution is 2.21. The highest BCUT2D eigenvalue weighted by molar-refractivity contribution is 7.99. The van der Waals surface area contributed by atoms with Gasteiger partial charge in [-0.05, 0) is 19.3 Å². The van der Waals surface area contributed by atoms with Crippen molar-refractivity contribution in [3.63, 3.8) is 0 Å². The molecule has 3 nitrogen and oxygen atoms in total. The van der Waals surface area contributed by atoms with Crippen LogP contribution < -0.4 is 0 Å². The lowest BCUT2D eigenvalue weighted by Crippen LogP contribution is -2.21. The molecule has 0 N–H and O–H groups in total. The minimum atomic E-state index is 0.394. The van der Waals surface area contributed by atoms with Crippen molar-refractivity contribution in [1.82, 2.24) is 4.98 Å². The molecule has 0 saturated carbocycles. The topological polar surface area (TPSA) is 35.3 Å². The molecule has 1 unspecified atom stereocenters.